The molecule has 0 radical (unpaired) electrons. The van der Waals surface area contributed by atoms with Crippen LogP contribution in [0.2, 0.25) is 0 Å². The second-order valence-electron chi connectivity index (χ2n) is 3.53. The van der Waals surface area contributed by atoms with Crippen LogP contribution in [0.3, 0.4) is 0 Å². The molecule has 0 aromatic rings. The molecule has 1 unspecified atom stereocenters. The molecule has 12 heavy (non-hydrogen) atoms. The molecule has 0 fully saturated rings. The molecule has 0 saturated carbocycles. The minimum Gasteiger partial charge on any atom is -0.391 e. The molecule has 0 heterocycles. The van der Waals surface area contributed by atoms with Gasteiger partial charge in [-0.3, -0.25) is 0 Å². The zero-order chi connectivity index (χ0) is 9.14. The topological polar surface area (TPSA) is 12.0 Å². The third kappa shape index (κ3) is 1.55. The van der Waals surface area contributed by atoms with Crippen molar-refractivity contribution in [2.24, 2.45) is 5.92 Å². The zero-order valence-corrected chi connectivity index (χ0v) is 8.41. The van der Waals surface area contributed by atoms with E-state index in [0.29, 0.717) is 5.92 Å². The van der Waals surface area contributed by atoms with Crippen LogP contribution >= 0.6 is 0 Å². The Morgan fingerprint density at radius 2 is 2.25 bits per heavy atom. The van der Waals surface area contributed by atoms with Crippen molar-refractivity contribution in [3.05, 3.63) is 23.4 Å². The molecular weight excluding hydrogens is 146 g/mol. The van der Waals surface area contributed by atoms with Crippen molar-refractivity contribution in [1.29, 1.82) is 0 Å². The average molecular weight is 165 g/mol. The summed E-state index contributed by atoms with van der Waals surface area (Å²) >= 11 is 0. The summed E-state index contributed by atoms with van der Waals surface area (Å²) in [6.07, 6.45) is 3.55. The molecule has 1 aliphatic carbocycles. The summed E-state index contributed by atoms with van der Waals surface area (Å²) in [6, 6.07) is 0. The van der Waals surface area contributed by atoms with E-state index >= 15 is 0 Å². The first-order chi connectivity index (χ1) is 5.70. The Morgan fingerprint density at radius 1 is 1.58 bits per heavy atom. The van der Waals surface area contributed by atoms with Gasteiger partial charge in [-0.05, 0) is 36.3 Å². The molecule has 1 aliphatic rings. The first-order valence-corrected chi connectivity index (χ1v) is 4.79. The predicted molar refractivity (Wildman–Crippen MR) is 53.9 cm³/mol. The minimum absolute atomic E-state index is 0.678. The molecule has 1 nitrogen and oxygen atoms in total. The SMILES string of the molecule is C=C1C(CC)=C(NC)CCC1C. The maximum Gasteiger partial charge on any atom is 0.0139 e. The molecule has 0 aliphatic heterocycles. The number of hydrogen-bond acceptors (Lipinski definition) is 1. The second kappa shape index (κ2) is 3.79. The summed E-state index contributed by atoms with van der Waals surface area (Å²) in [5, 5.41) is 3.27. The van der Waals surface area contributed by atoms with Gasteiger partial charge in [0, 0.05) is 12.7 Å². The van der Waals surface area contributed by atoms with E-state index in [1.807, 2.05) is 7.05 Å². The first kappa shape index (κ1) is 9.37. The normalized spacial score (nSPS) is 24.6. The van der Waals surface area contributed by atoms with Gasteiger partial charge in [-0.2, -0.15) is 0 Å². The molecule has 0 aromatic heterocycles. The van der Waals surface area contributed by atoms with Crippen LogP contribution < -0.4 is 5.32 Å². The van der Waals surface area contributed by atoms with Gasteiger partial charge in [-0.25, -0.2) is 0 Å². The Morgan fingerprint density at radius 3 is 2.75 bits per heavy atom. The number of hydrogen-bond donors (Lipinski definition) is 1. The fraction of sp³-hybridized carbons (Fsp3) is 0.636. The second-order valence-corrected chi connectivity index (χ2v) is 3.53. The molecule has 0 amide bonds. The molecule has 1 rings (SSSR count). The maximum atomic E-state index is 4.15. The van der Waals surface area contributed by atoms with Crippen molar-refractivity contribution >= 4 is 0 Å². The molecule has 0 saturated heterocycles. The van der Waals surface area contributed by atoms with Crippen molar-refractivity contribution in [2.45, 2.75) is 33.1 Å². The Bertz CT molecular complexity index is 213. The van der Waals surface area contributed by atoms with Crippen molar-refractivity contribution in [3.63, 3.8) is 0 Å². The van der Waals surface area contributed by atoms with Crippen LogP contribution in [-0.4, -0.2) is 7.05 Å². The fourth-order valence-electron chi connectivity index (χ4n) is 1.89. The Labute approximate surface area is 75.6 Å². The van der Waals surface area contributed by atoms with E-state index < -0.39 is 0 Å². The highest BCUT2D eigenvalue weighted by molar-refractivity contribution is 5.36. The average Bonchev–Trinajstić information content (AvgIpc) is 2.09. The highest BCUT2D eigenvalue weighted by atomic mass is 14.8. The van der Waals surface area contributed by atoms with Gasteiger partial charge in [0.15, 0.2) is 0 Å². The van der Waals surface area contributed by atoms with Crippen LogP contribution in [0, 0.1) is 5.92 Å². The van der Waals surface area contributed by atoms with E-state index in [2.05, 4.69) is 25.7 Å². The quantitative estimate of drug-likeness (QED) is 0.663. The van der Waals surface area contributed by atoms with Crippen LogP contribution in [-0.2, 0) is 0 Å². The Hall–Kier alpha value is -0.720. The third-order valence-electron chi connectivity index (χ3n) is 2.83. The van der Waals surface area contributed by atoms with Gasteiger partial charge in [-0.1, -0.05) is 20.4 Å². The number of nitrogens with one attached hydrogen (secondary N) is 1. The van der Waals surface area contributed by atoms with E-state index in [1.54, 1.807) is 0 Å². The molecule has 0 aromatic carbocycles. The molecule has 1 heteroatoms. The molecular formula is C11H19N. The molecule has 0 spiro atoms. The standard InChI is InChI=1S/C11H19N/c1-5-10-9(3)8(2)6-7-11(10)12-4/h8,12H,3,5-7H2,1-2,4H3. The van der Waals surface area contributed by atoms with E-state index in [1.165, 1.54) is 29.7 Å². The highest BCUT2D eigenvalue weighted by Gasteiger charge is 2.19. The summed E-state index contributed by atoms with van der Waals surface area (Å²) in [5.41, 5.74) is 4.20. The fourth-order valence-corrected chi connectivity index (χ4v) is 1.89. The molecule has 1 N–H and O–H groups in total. The zero-order valence-electron chi connectivity index (χ0n) is 8.41. The lowest BCUT2D eigenvalue weighted by molar-refractivity contribution is 0.565. The summed E-state index contributed by atoms with van der Waals surface area (Å²) in [5.74, 6) is 0.678. The van der Waals surface area contributed by atoms with Gasteiger partial charge in [0.1, 0.15) is 0 Å². The van der Waals surface area contributed by atoms with Gasteiger partial charge in [0.25, 0.3) is 0 Å². The summed E-state index contributed by atoms with van der Waals surface area (Å²) in [7, 11) is 2.01. The van der Waals surface area contributed by atoms with Crippen LogP contribution in [0.25, 0.3) is 0 Å². The van der Waals surface area contributed by atoms with Crippen LogP contribution in [0.4, 0.5) is 0 Å². The molecule has 68 valence electrons. The van der Waals surface area contributed by atoms with Crippen molar-refractivity contribution < 1.29 is 0 Å². The number of allylic oxidation sites excluding steroid dienone is 3. The third-order valence-corrected chi connectivity index (χ3v) is 2.83. The Balaban J connectivity index is 2.92. The van der Waals surface area contributed by atoms with E-state index in [4.69, 9.17) is 0 Å². The van der Waals surface area contributed by atoms with Crippen molar-refractivity contribution in [3.8, 4) is 0 Å². The van der Waals surface area contributed by atoms with E-state index in [9.17, 15) is 0 Å². The largest absolute Gasteiger partial charge is 0.391 e. The predicted octanol–water partition coefficient (Wildman–Crippen LogP) is 2.86. The van der Waals surface area contributed by atoms with Gasteiger partial charge in [0.05, 0.1) is 0 Å². The maximum absolute atomic E-state index is 4.15. The Kier molecular flexibility index (Phi) is 2.96. The van der Waals surface area contributed by atoms with Crippen LogP contribution in [0.5, 0.6) is 0 Å². The van der Waals surface area contributed by atoms with E-state index in [0.717, 1.165) is 6.42 Å². The monoisotopic (exact) mass is 165 g/mol. The smallest absolute Gasteiger partial charge is 0.0139 e. The lowest BCUT2D eigenvalue weighted by Crippen LogP contribution is -2.18. The summed E-state index contributed by atoms with van der Waals surface area (Å²) in [6.45, 7) is 8.62. The summed E-state index contributed by atoms with van der Waals surface area (Å²) in [4.78, 5) is 0. The van der Waals surface area contributed by atoms with Crippen molar-refractivity contribution in [1.82, 2.24) is 5.32 Å². The lowest BCUT2D eigenvalue weighted by Gasteiger charge is -2.26. The highest BCUT2D eigenvalue weighted by Crippen LogP contribution is 2.33. The van der Waals surface area contributed by atoms with Crippen molar-refractivity contribution in [2.75, 3.05) is 7.05 Å². The van der Waals surface area contributed by atoms with Gasteiger partial charge in [-0.15, -0.1) is 0 Å². The first-order valence-electron chi connectivity index (χ1n) is 4.79. The summed E-state index contributed by atoms with van der Waals surface area (Å²) < 4.78 is 0. The van der Waals surface area contributed by atoms with Gasteiger partial charge >= 0.3 is 0 Å². The molecule has 0 bridgehead atoms. The minimum atomic E-state index is 0.678. The number of rotatable bonds is 2. The van der Waals surface area contributed by atoms with Crippen LogP contribution in [0.15, 0.2) is 23.4 Å². The lowest BCUT2D eigenvalue weighted by atomic mass is 9.83. The van der Waals surface area contributed by atoms with Gasteiger partial charge < -0.3 is 5.32 Å². The molecule has 1 atom stereocenters. The van der Waals surface area contributed by atoms with E-state index in [-0.39, 0.29) is 0 Å². The van der Waals surface area contributed by atoms with Crippen LogP contribution in [0.1, 0.15) is 33.1 Å². The van der Waals surface area contributed by atoms with Gasteiger partial charge in [0.2, 0.25) is 0 Å².